The average molecular weight is 263 g/mol. The van der Waals surface area contributed by atoms with Crippen LogP contribution in [0.2, 0.25) is 0 Å². The Hall–Kier alpha value is -1.36. The van der Waals surface area contributed by atoms with Gasteiger partial charge in [-0.05, 0) is 32.4 Å². The molecule has 2 rings (SSSR count). The maximum atomic E-state index is 4.28. The molecule has 5 nitrogen and oxygen atoms in total. The van der Waals surface area contributed by atoms with Gasteiger partial charge in [-0.2, -0.15) is 0 Å². The lowest BCUT2D eigenvalue weighted by Gasteiger charge is -2.23. The minimum atomic E-state index is 0.645. The summed E-state index contributed by atoms with van der Waals surface area (Å²) in [6.07, 6.45) is 5.31. The highest BCUT2D eigenvalue weighted by molar-refractivity contribution is 5.46. The summed E-state index contributed by atoms with van der Waals surface area (Å²) in [5, 5.41) is 6.72. The molecule has 1 aliphatic heterocycles. The Morgan fingerprint density at radius 1 is 1.26 bits per heavy atom. The molecule has 2 N–H and O–H groups in total. The molecular weight excluding hydrogens is 238 g/mol. The van der Waals surface area contributed by atoms with Crippen LogP contribution >= 0.6 is 0 Å². The Bertz CT molecular complexity index is 382. The largest absolute Gasteiger partial charge is 0.370 e. The third-order valence-corrected chi connectivity index (χ3v) is 3.65. The fourth-order valence-electron chi connectivity index (χ4n) is 2.57. The van der Waals surface area contributed by atoms with Gasteiger partial charge in [0, 0.05) is 25.2 Å². The number of rotatable bonds is 7. The highest BCUT2D eigenvalue weighted by Crippen LogP contribution is 2.17. The van der Waals surface area contributed by atoms with Gasteiger partial charge in [-0.25, -0.2) is 9.97 Å². The Kier molecular flexibility index (Phi) is 5.39. The number of hydrogen-bond acceptors (Lipinski definition) is 5. The SMILES string of the molecule is CCCNc1cc(NCC2CCCN2CC)ncn1. The van der Waals surface area contributed by atoms with E-state index in [0.717, 1.165) is 37.7 Å². The minimum absolute atomic E-state index is 0.645. The molecule has 0 aromatic carbocycles. The second kappa shape index (κ2) is 7.28. The maximum Gasteiger partial charge on any atom is 0.131 e. The Balaban J connectivity index is 1.85. The molecule has 1 fully saturated rings. The summed E-state index contributed by atoms with van der Waals surface area (Å²) >= 11 is 0. The predicted octanol–water partition coefficient (Wildman–Crippen LogP) is 2.19. The standard InChI is InChI=1S/C14H25N5/c1-3-7-15-13-9-14(18-11-17-13)16-10-12-6-5-8-19(12)4-2/h9,11-12H,3-8,10H2,1-2H3,(H2,15,16,17,18). The summed E-state index contributed by atoms with van der Waals surface area (Å²) in [6, 6.07) is 2.63. The first-order valence-corrected chi connectivity index (χ1v) is 7.37. The average Bonchev–Trinajstić information content (AvgIpc) is 2.91. The smallest absolute Gasteiger partial charge is 0.131 e. The van der Waals surface area contributed by atoms with E-state index in [1.54, 1.807) is 6.33 Å². The number of likely N-dealkylation sites (N-methyl/N-ethyl adjacent to an activating group) is 1. The van der Waals surface area contributed by atoms with Crippen LogP contribution in [0.4, 0.5) is 11.6 Å². The maximum absolute atomic E-state index is 4.28. The summed E-state index contributed by atoms with van der Waals surface area (Å²) < 4.78 is 0. The van der Waals surface area contributed by atoms with Crippen molar-refractivity contribution >= 4 is 11.6 Å². The highest BCUT2D eigenvalue weighted by atomic mass is 15.2. The van der Waals surface area contributed by atoms with Crippen LogP contribution in [0.15, 0.2) is 12.4 Å². The van der Waals surface area contributed by atoms with Crippen molar-refractivity contribution in [2.24, 2.45) is 0 Å². The van der Waals surface area contributed by atoms with Crippen LogP contribution in [0.5, 0.6) is 0 Å². The molecule has 0 bridgehead atoms. The van der Waals surface area contributed by atoms with E-state index in [-0.39, 0.29) is 0 Å². The van der Waals surface area contributed by atoms with E-state index in [1.807, 2.05) is 6.07 Å². The van der Waals surface area contributed by atoms with E-state index in [9.17, 15) is 0 Å². The van der Waals surface area contributed by atoms with Gasteiger partial charge in [0.2, 0.25) is 0 Å². The summed E-state index contributed by atoms with van der Waals surface area (Å²) in [6.45, 7) is 8.67. The van der Waals surface area contributed by atoms with Crippen LogP contribution in [0, 0.1) is 0 Å². The zero-order valence-corrected chi connectivity index (χ0v) is 12.0. The van der Waals surface area contributed by atoms with Crippen molar-refractivity contribution < 1.29 is 0 Å². The van der Waals surface area contributed by atoms with Crippen molar-refractivity contribution in [3.63, 3.8) is 0 Å². The summed E-state index contributed by atoms with van der Waals surface area (Å²) in [7, 11) is 0. The molecule has 2 heterocycles. The van der Waals surface area contributed by atoms with E-state index in [1.165, 1.54) is 19.4 Å². The first kappa shape index (κ1) is 14.1. The molecule has 19 heavy (non-hydrogen) atoms. The molecular formula is C14H25N5. The van der Waals surface area contributed by atoms with Gasteiger partial charge < -0.3 is 10.6 Å². The summed E-state index contributed by atoms with van der Waals surface area (Å²) in [5.41, 5.74) is 0. The molecule has 0 spiro atoms. The predicted molar refractivity (Wildman–Crippen MR) is 79.6 cm³/mol. The van der Waals surface area contributed by atoms with Crippen molar-refractivity contribution in [1.29, 1.82) is 0 Å². The molecule has 1 atom stereocenters. The van der Waals surface area contributed by atoms with Crippen molar-refractivity contribution in [2.75, 3.05) is 36.8 Å². The van der Waals surface area contributed by atoms with Gasteiger partial charge in [0.05, 0.1) is 0 Å². The first-order valence-electron chi connectivity index (χ1n) is 7.37. The molecule has 5 heteroatoms. The van der Waals surface area contributed by atoms with Gasteiger partial charge in [0.15, 0.2) is 0 Å². The lowest BCUT2D eigenvalue weighted by atomic mass is 10.2. The lowest BCUT2D eigenvalue weighted by Crippen LogP contribution is -2.34. The van der Waals surface area contributed by atoms with E-state index in [4.69, 9.17) is 0 Å². The number of anilines is 2. The van der Waals surface area contributed by atoms with Crippen LogP contribution in [0.25, 0.3) is 0 Å². The van der Waals surface area contributed by atoms with Crippen molar-refractivity contribution in [1.82, 2.24) is 14.9 Å². The molecule has 0 aliphatic carbocycles. The van der Waals surface area contributed by atoms with Gasteiger partial charge in [-0.15, -0.1) is 0 Å². The number of likely N-dealkylation sites (tertiary alicyclic amines) is 1. The quantitative estimate of drug-likeness (QED) is 0.790. The van der Waals surface area contributed by atoms with Crippen molar-refractivity contribution in [3.8, 4) is 0 Å². The molecule has 1 unspecified atom stereocenters. The Morgan fingerprint density at radius 3 is 2.79 bits per heavy atom. The van der Waals surface area contributed by atoms with E-state index in [0.29, 0.717) is 6.04 Å². The third kappa shape index (κ3) is 4.06. The fourth-order valence-corrected chi connectivity index (χ4v) is 2.57. The number of aromatic nitrogens is 2. The van der Waals surface area contributed by atoms with Gasteiger partial charge in [-0.3, -0.25) is 4.90 Å². The summed E-state index contributed by atoms with van der Waals surface area (Å²) in [5.74, 6) is 1.81. The van der Waals surface area contributed by atoms with Crippen molar-refractivity contribution in [2.45, 2.75) is 39.2 Å². The van der Waals surface area contributed by atoms with Crippen LogP contribution in [-0.4, -0.2) is 47.1 Å². The third-order valence-electron chi connectivity index (χ3n) is 3.65. The normalized spacial score (nSPS) is 19.6. The van der Waals surface area contributed by atoms with Crippen molar-refractivity contribution in [3.05, 3.63) is 12.4 Å². The molecule has 0 amide bonds. The zero-order valence-electron chi connectivity index (χ0n) is 12.0. The zero-order chi connectivity index (χ0) is 13.5. The van der Waals surface area contributed by atoms with Gasteiger partial charge in [0.25, 0.3) is 0 Å². The molecule has 0 radical (unpaired) electrons. The number of nitrogens with one attached hydrogen (secondary N) is 2. The van der Waals surface area contributed by atoms with E-state index >= 15 is 0 Å². The lowest BCUT2D eigenvalue weighted by molar-refractivity contribution is 0.277. The molecule has 1 aromatic rings. The van der Waals surface area contributed by atoms with Crippen LogP contribution in [0.3, 0.4) is 0 Å². The van der Waals surface area contributed by atoms with E-state index < -0.39 is 0 Å². The molecule has 1 aliphatic rings. The van der Waals surface area contributed by atoms with Crippen LogP contribution in [-0.2, 0) is 0 Å². The first-order chi connectivity index (χ1) is 9.33. The monoisotopic (exact) mass is 263 g/mol. The number of hydrogen-bond donors (Lipinski definition) is 2. The Labute approximate surface area is 115 Å². The Morgan fingerprint density at radius 2 is 2.05 bits per heavy atom. The second-order valence-corrected chi connectivity index (χ2v) is 5.02. The molecule has 1 aromatic heterocycles. The molecule has 0 saturated carbocycles. The molecule has 106 valence electrons. The van der Waals surface area contributed by atoms with Gasteiger partial charge >= 0.3 is 0 Å². The van der Waals surface area contributed by atoms with E-state index in [2.05, 4.69) is 39.3 Å². The van der Waals surface area contributed by atoms with Gasteiger partial charge in [-0.1, -0.05) is 13.8 Å². The summed E-state index contributed by atoms with van der Waals surface area (Å²) in [4.78, 5) is 11.0. The second-order valence-electron chi connectivity index (χ2n) is 5.02. The fraction of sp³-hybridized carbons (Fsp3) is 0.714. The van der Waals surface area contributed by atoms with Crippen LogP contribution in [0.1, 0.15) is 33.1 Å². The number of nitrogens with zero attached hydrogens (tertiary/aromatic N) is 3. The van der Waals surface area contributed by atoms with Crippen LogP contribution < -0.4 is 10.6 Å². The van der Waals surface area contributed by atoms with Gasteiger partial charge in [0.1, 0.15) is 18.0 Å². The highest BCUT2D eigenvalue weighted by Gasteiger charge is 2.22. The minimum Gasteiger partial charge on any atom is -0.370 e. The molecule has 1 saturated heterocycles. The topological polar surface area (TPSA) is 53.1 Å².